The molecule has 2 heterocycles. The molecule has 0 fully saturated rings. The molecule has 1 aromatic carbocycles. The van der Waals surface area contributed by atoms with Crippen LogP contribution in [0.3, 0.4) is 0 Å². The maximum atomic E-state index is 13.7. The van der Waals surface area contributed by atoms with E-state index in [9.17, 15) is 4.39 Å². The van der Waals surface area contributed by atoms with E-state index in [1.54, 1.807) is 18.2 Å². The summed E-state index contributed by atoms with van der Waals surface area (Å²) in [7, 11) is 0. The van der Waals surface area contributed by atoms with Crippen molar-refractivity contribution in [2.24, 2.45) is 0 Å². The van der Waals surface area contributed by atoms with Crippen LogP contribution < -0.4 is 5.73 Å². The smallest absolute Gasteiger partial charge is 0.180 e. The molecule has 0 amide bonds. The van der Waals surface area contributed by atoms with Crippen molar-refractivity contribution in [1.82, 2.24) is 9.97 Å². The maximum Gasteiger partial charge on any atom is 0.180 e. The summed E-state index contributed by atoms with van der Waals surface area (Å²) in [5.74, 6) is -0.260. The first kappa shape index (κ1) is 12.3. The monoisotopic (exact) mass is 291 g/mol. The summed E-state index contributed by atoms with van der Waals surface area (Å²) in [6, 6.07) is 6.63. The first-order valence-corrected chi connectivity index (χ1v) is 7.28. The molecule has 0 radical (unpaired) electrons. The highest BCUT2D eigenvalue weighted by molar-refractivity contribution is 7.19. The van der Waals surface area contributed by atoms with Gasteiger partial charge in [0.2, 0.25) is 0 Å². The van der Waals surface area contributed by atoms with Crippen LogP contribution in [0.15, 0.2) is 29.6 Å². The summed E-state index contributed by atoms with van der Waals surface area (Å²) in [4.78, 5) is 9.59. The Balaban J connectivity index is 2.05. The quantitative estimate of drug-likeness (QED) is 0.777. The van der Waals surface area contributed by atoms with Crippen molar-refractivity contribution in [3.63, 3.8) is 0 Å². The molecule has 2 aromatic heterocycles. The number of thiazole rings is 2. The Bertz CT molecular complexity index is 733. The molecule has 2 N–H and O–H groups in total. The van der Waals surface area contributed by atoms with Crippen LogP contribution in [-0.4, -0.2) is 9.97 Å². The van der Waals surface area contributed by atoms with E-state index in [0.29, 0.717) is 15.7 Å². The predicted octanol–water partition coefficient (Wildman–Crippen LogP) is 3.96. The van der Waals surface area contributed by atoms with Crippen LogP contribution in [0.25, 0.3) is 21.1 Å². The van der Waals surface area contributed by atoms with Gasteiger partial charge in [0.15, 0.2) is 5.13 Å². The lowest BCUT2D eigenvalue weighted by molar-refractivity contribution is 0.631. The minimum Gasteiger partial charge on any atom is -0.375 e. The van der Waals surface area contributed by atoms with Crippen molar-refractivity contribution in [3.8, 4) is 21.1 Å². The molecule has 0 spiro atoms. The molecule has 96 valence electrons. The van der Waals surface area contributed by atoms with E-state index in [-0.39, 0.29) is 5.82 Å². The van der Waals surface area contributed by atoms with E-state index in [1.165, 1.54) is 28.7 Å². The Kier molecular flexibility index (Phi) is 3.04. The number of nitrogens with two attached hydrogens (primary N) is 1. The van der Waals surface area contributed by atoms with Gasteiger partial charge in [-0.1, -0.05) is 23.5 Å². The summed E-state index contributed by atoms with van der Waals surface area (Å²) in [6.07, 6.45) is 0. The zero-order chi connectivity index (χ0) is 13.4. The second kappa shape index (κ2) is 4.71. The van der Waals surface area contributed by atoms with E-state index in [0.717, 1.165) is 16.3 Å². The third-order valence-corrected chi connectivity index (χ3v) is 4.54. The van der Waals surface area contributed by atoms with Gasteiger partial charge in [0.05, 0.1) is 16.3 Å². The number of benzene rings is 1. The summed E-state index contributed by atoms with van der Waals surface area (Å²) >= 11 is 2.81. The van der Waals surface area contributed by atoms with Gasteiger partial charge in [0.25, 0.3) is 0 Å². The second-order valence-electron chi connectivity index (χ2n) is 3.98. The molecule has 0 aliphatic heterocycles. The fourth-order valence-electron chi connectivity index (χ4n) is 1.79. The number of nitrogens with zero attached hydrogens (tertiary/aromatic N) is 2. The lowest BCUT2D eigenvalue weighted by Crippen LogP contribution is -1.83. The van der Waals surface area contributed by atoms with Gasteiger partial charge in [-0.3, -0.25) is 0 Å². The van der Waals surface area contributed by atoms with Gasteiger partial charge >= 0.3 is 0 Å². The van der Waals surface area contributed by atoms with Crippen LogP contribution in [-0.2, 0) is 0 Å². The Morgan fingerprint density at radius 2 is 2.00 bits per heavy atom. The van der Waals surface area contributed by atoms with Gasteiger partial charge in [-0.2, -0.15) is 0 Å². The second-order valence-corrected chi connectivity index (χ2v) is 5.87. The predicted molar refractivity (Wildman–Crippen MR) is 77.8 cm³/mol. The van der Waals surface area contributed by atoms with Gasteiger partial charge in [0.1, 0.15) is 10.8 Å². The highest BCUT2D eigenvalue weighted by atomic mass is 32.1. The molecular formula is C13H10FN3S2. The van der Waals surface area contributed by atoms with E-state index in [1.807, 2.05) is 12.3 Å². The number of hydrogen-bond acceptors (Lipinski definition) is 5. The Labute approximate surface area is 117 Å². The normalized spacial score (nSPS) is 10.8. The fraction of sp³-hybridized carbons (Fsp3) is 0.0769. The van der Waals surface area contributed by atoms with Gasteiger partial charge < -0.3 is 5.73 Å². The van der Waals surface area contributed by atoms with Crippen molar-refractivity contribution in [1.29, 1.82) is 0 Å². The third-order valence-electron chi connectivity index (χ3n) is 2.65. The highest BCUT2D eigenvalue weighted by Crippen LogP contribution is 2.35. The number of aromatic nitrogens is 2. The van der Waals surface area contributed by atoms with Crippen LogP contribution in [0.2, 0.25) is 0 Å². The zero-order valence-electron chi connectivity index (χ0n) is 10.1. The van der Waals surface area contributed by atoms with E-state index < -0.39 is 0 Å². The molecule has 0 atom stereocenters. The lowest BCUT2D eigenvalue weighted by Gasteiger charge is -1.97. The van der Waals surface area contributed by atoms with Gasteiger partial charge in [-0.25, -0.2) is 14.4 Å². The molecule has 3 nitrogen and oxygen atoms in total. The Morgan fingerprint density at radius 1 is 1.21 bits per heavy atom. The summed E-state index contributed by atoms with van der Waals surface area (Å²) in [6.45, 7) is 1.89. The van der Waals surface area contributed by atoms with Crippen LogP contribution in [0.5, 0.6) is 0 Å². The van der Waals surface area contributed by atoms with Crippen molar-refractivity contribution in [3.05, 3.63) is 41.2 Å². The van der Waals surface area contributed by atoms with Crippen molar-refractivity contribution in [2.45, 2.75) is 6.92 Å². The molecular weight excluding hydrogens is 281 g/mol. The number of rotatable bonds is 2. The van der Waals surface area contributed by atoms with Gasteiger partial charge in [0, 0.05) is 10.9 Å². The standard InChI is InChI=1S/C13H10FN3S2/c1-7-11(19-13(15)16-7)10-6-18-12(17-10)8-4-2-3-5-9(8)14/h2-6H,1H3,(H2,15,16). The lowest BCUT2D eigenvalue weighted by atomic mass is 10.2. The molecule has 3 aromatic rings. The van der Waals surface area contributed by atoms with Gasteiger partial charge in [-0.05, 0) is 19.1 Å². The van der Waals surface area contributed by atoms with Crippen molar-refractivity contribution < 1.29 is 4.39 Å². The Morgan fingerprint density at radius 3 is 2.68 bits per heavy atom. The number of nitrogen functional groups attached to an aromatic ring is 1. The molecule has 0 bridgehead atoms. The first-order chi connectivity index (χ1) is 9.15. The molecule has 0 unspecified atom stereocenters. The summed E-state index contributed by atoms with van der Waals surface area (Å²) < 4.78 is 13.7. The average Bonchev–Trinajstić information content (AvgIpc) is 2.96. The molecule has 0 saturated carbocycles. The number of anilines is 1. The Hall–Kier alpha value is -1.79. The van der Waals surface area contributed by atoms with Crippen LogP contribution in [0.1, 0.15) is 5.69 Å². The summed E-state index contributed by atoms with van der Waals surface area (Å²) in [5.41, 5.74) is 7.86. The first-order valence-electron chi connectivity index (χ1n) is 5.59. The molecule has 19 heavy (non-hydrogen) atoms. The maximum absolute atomic E-state index is 13.7. The summed E-state index contributed by atoms with van der Waals surface area (Å²) in [5, 5.41) is 3.09. The molecule has 0 aliphatic rings. The number of halogens is 1. The average molecular weight is 291 g/mol. The van der Waals surface area contributed by atoms with Crippen LogP contribution in [0, 0.1) is 12.7 Å². The molecule has 0 aliphatic carbocycles. The van der Waals surface area contributed by atoms with Crippen molar-refractivity contribution in [2.75, 3.05) is 5.73 Å². The fourth-order valence-corrected chi connectivity index (χ4v) is 3.50. The highest BCUT2D eigenvalue weighted by Gasteiger charge is 2.14. The van der Waals surface area contributed by atoms with Crippen molar-refractivity contribution >= 4 is 27.8 Å². The largest absolute Gasteiger partial charge is 0.375 e. The number of hydrogen-bond donors (Lipinski definition) is 1. The van der Waals surface area contributed by atoms with Gasteiger partial charge in [-0.15, -0.1) is 11.3 Å². The SMILES string of the molecule is Cc1nc(N)sc1-c1csc(-c2ccccc2F)n1. The van der Waals surface area contributed by atoms with Crippen LogP contribution >= 0.6 is 22.7 Å². The minimum absolute atomic E-state index is 0.260. The molecule has 3 rings (SSSR count). The topological polar surface area (TPSA) is 51.8 Å². The van der Waals surface area contributed by atoms with E-state index >= 15 is 0 Å². The zero-order valence-corrected chi connectivity index (χ0v) is 11.7. The van der Waals surface area contributed by atoms with Crippen LogP contribution in [0.4, 0.5) is 9.52 Å². The minimum atomic E-state index is -0.260. The molecule has 0 saturated heterocycles. The third kappa shape index (κ3) is 2.24. The molecule has 6 heteroatoms. The number of aryl methyl sites for hydroxylation is 1. The van der Waals surface area contributed by atoms with E-state index in [4.69, 9.17) is 5.73 Å². The van der Waals surface area contributed by atoms with E-state index in [2.05, 4.69) is 9.97 Å².